The number of aliphatic hydroxyl groups is 1. The van der Waals surface area contributed by atoms with Gasteiger partial charge < -0.3 is 9.84 Å². The topological polar surface area (TPSA) is 32.7 Å². The lowest BCUT2D eigenvalue weighted by molar-refractivity contribution is -0.0184. The number of rotatable bonds is 1. The molecule has 14 heavy (non-hydrogen) atoms. The lowest BCUT2D eigenvalue weighted by Crippen LogP contribution is -2.56. The van der Waals surface area contributed by atoms with Crippen molar-refractivity contribution >= 4 is 0 Å². The predicted molar refractivity (Wildman–Crippen MR) is 53.1 cm³/mol. The molecule has 1 aliphatic carbocycles. The van der Waals surface area contributed by atoms with Crippen LogP contribution in [-0.4, -0.2) is 48.0 Å². The molecule has 3 nitrogen and oxygen atoms in total. The molecule has 0 amide bonds. The second-order valence-corrected chi connectivity index (χ2v) is 5.04. The normalized spacial score (nSPS) is 48.6. The Balaban J connectivity index is 1.72. The van der Waals surface area contributed by atoms with E-state index < -0.39 is 0 Å². The molecule has 4 aliphatic rings. The molecule has 4 rings (SSSR count). The van der Waals surface area contributed by atoms with E-state index in [2.05, 4.69) is 4.90 Å². The third-order valence-electron chi connectivity index (χ3n) is 4.20. The van der Waals surface area contributed by atoms with Crippen molar-refractivity contribution in [1.82, 2.24) is 4.90 Å². The first-order chi connectivity index (χ1) is 6.84. The fourth-order valence-electron chi connectivity index (χ4n) is 3.36. The maximum Gasteiger partial charge on any atom is 0.0950 e. The Bertz CT molecular complexity index is 213. The SMILES string of the molecule is OC1COCC1N1CC2CCC1CC2. The smallest absolute Gasteiger partial charge is 0.0950 e. The highest BCUT2D eigenvalue weighted by atomic mass is 16.5. The summed E-state index contributed by atoms with van der Waals surface area (Å²) >= 11 is 0. The van der Waals surface area contributed by atoms with Crippen LogP contribution >= 0.6 is 0 Å². The van der Waals surface area contributed by atoms with Gasteiger partial charge in [-0.05, 0) is 31.6 Å². The highest BCUT2D eigenvalue weighted by molar-refractivity contribution is 4.95. The van der Waals surface area contributed by atoms with Crippen LogP contribution in [0.2, 0.25) is 0 Å². The standard InChI is InChI=1S/C11H19NO2/c13-11-7-14-6-10(11)12-5-8-1-3-9(12)4-2-8/h8-11,13H,1-7H2. The monoisotopic (exact) mass is 197 g/mol. The molecule has 3 aliphatic heterocycles. The summed E-state index contributed by atoms with van der Waals surface area (Å²) < 4.78 is 5.34. The minimum Gasteiger partial charge on any atom is -0.389 e. The second-order valence-electron chi connectivity index (χ2n) is 5.04. The van der Waals surface area contributed by atoms with E-state index in [9.17, 15) is 5.11 Å². The lowest BCUT2D eigenvalue weighted by Gasteiger charge is -2.48. The summed E-state index contributed by atoms with van der Waals surface area (Å²) in [6.45, 7) is 2.48. The van der Waals surface area contributed by atoms with Gasteiger partial charge in [0.2, 0.25) is 0 Å². The van der Waals surface area contributed by atoms with Gasteiger partial charge in [0.05, 0.1) is 25.4 Å². The minimum atomic E-state index is -0.241. The molecule has 3 saturated heterocycles. The molecule has 1 saturated carbocycles. The number of piperidine rings is 2. The highest BCUT2D eigenvalue weighted by Crippen LogP contribution is 2.37. The molecular formula is C11H19NO2. The number of fused-ring (bicyclic) bond motifs is 3. The largest absolute Gasteiger partial charge is 0.389 e. The zero-order valence-corrected chi connectivity index (χ0v) is 8.56. The number of hydrogen-bond donors (Lipinski definition) is 1. The number of aliphatic hydroxyl groups excluding tert-OH is 1. The van der Waals surface area contributed by atoms with Gasteiger partial charge in [-0.15, -0.1) is 0 Å². The molecule has 4 fully saturated rings. The van der Waals surface area contributed by atoms with Crippen LogP contribution in [-0.2, 0) is 4.74 Å². The lowest BCUT2D eigenvalue weighted by atomic mass is 9.79. The van der Waals surface area contributed by atoms with Crippen LogP contribution in [0.25, 0.3) is 0 Å². The van der Waals surface area contributed by atoms with Gasteiger partial charge in [-0.25, -0.2) is 0 Å². The van der Waals surface area contributed by atoms with Crippen LogP contribution in [0.4, 0.5) is 0 Å². The minimum absolute atomic E-state index is 0.241. The first-order valence-electron chi connectivity index (χ1n) is 5.86. The second kappa shape index (κ2) is 3.47. The molecule has 0 aromatic rings. The van der Waals surface area contributed by atoms with Gasteiger partial charge in [0, 0.05) is 12.6 Å². The molecule has 80 valence electrons. The van der Waals surface area contributed by atoms with Crippen LogP contribution in [0.1, 0.15) is 25.7 Å². The van der Waals surface area contributed by atoms with Gasteiger partial charge in [0.1, 0.15) is 0 Å². The Morgan fingerprint density at radius 3 is 2.36 bits per heavy atom. The maximum absolute atomic E-state index is 9.80. The number of ether oxygens (including phenoxy) is 1. The van der Waals surface area contributed by atoms with Crippen LogP contribution in [0.15, 0.2) is 0 Å². The van der Waals surface area contributed by atoms with E-state index in [0.29, 0.717) is 12.6 Å². The Kier molecular flexibility index (Phi) is 2.26. The van der Waals surface area contributed by atoms with E-state index in [-0.39, 0.29) is 6.10 Å². The van der Waals surface area contributed by atoms with Crippen LogP contribution in [0, 0.1) is 5.92 Å². The zero-order chi connectivity index (χ0) is 9.54. The molecule has 2 bridgehead atoms. The van der Waals surface area contributed by atoms with Crippen molar-refractivity contribution in [3.05, 3.63) is 0 Å². The van der Waals surface area contributed by atoms with Crippen molar-refractivity contribution in [3.63, 3.8) is 0 Å². The quantitative estimate of drug-likeness (QED) is 0.669. The van der Waals surface area contributed by atoms with Crippen molar-refractivity contribution in [3.8, 4) is 0 Å². The summed E-state index contributed by atoms with van der Waals surface area (Å²) in [4.78, 5) is 2.52. The fraction of sp³-hybridized carbons (Fsp3) is 1.00. The van der Waals surface area contributed by atoms with Crippen molar-refractivity contribution in [2.75, 3.05) is 19.8 Å². The van der Waals surface area contributed by atoms with Gasteiger partial charge in [-0.1, -0.05) is 0 Å². The van der Waals surface area contributed by atoms with Crippen LogP contribution in [0.5, 0.6) is 0 Å². The summed E-state index contributed by atoms with van der Waals surface area (Å²) in [5.74, 6) is 0.896. The Morgan fingerprint density at radius 2 is 1.86 bits per heavy atom. The van der Waals surface area contributed by atoms with Crippen LogP contribution in [0.3, 0.4) is 0 Å². The summed E-state index contributed by atoms with van der Waals surface area (Å²) in [6, 6.07) is 1.03. The van der Waals surface area contributed by atoms with Gasteiger partial charge in [-0.2, -0.15) is 0 Å². The third kappa shape index (κ3) is 1.38. The van der Waals surface area contributed by atoms with Gasteiger partial charge in [0.15, 0.2) is 0 Å². The van der Waals surface area contributed by atoms with Crippen LogP contribution < -0.4 is 0 Å². The van der Waals surface area contributed by atoms with Crippen molar-refractivity contribution in [2.45, 2.75) is 43.9 Å². The average molecular weight is 197 g/mol. The molecule has 2 atom stereocenters. The number of hydrogen-bond acceptors (Lipinski definition) is 3. The van der Waals surface area contributed by atoms with Gasteiger partial charge >= 0.3 is 0 Å². The molecule has 3 heterocycles. The molecule has 0 aromatic carbocycles. The molecule has 2 unspecified atom stereocenters. The van der Waals surface area contributed by atoms with E-state index >= 15 is 0 Å². The molecule has 0 spiro atoms. The van der Waals surface area contributed by atoms with E-state index in [1.165, 1.54) is 32.2 Å². The molecule has 1 N–H and O–H groups in total. The zero-order valence-electron chi connectivity index (χ0n) is 8.56. The highest BCUT2D eigenvalue weighted by Gasteiger charge is 2.41. The molecular weight excluding hydrogens is 178 g/mol. The first kappa shape index (κ1) is 9.13. The summed E-state index contributed by atoms with van der Waals surface area (Å²) in [6.07, 6.45) is 5.26. The van der Waals surface area contributed by atoms with E-state index in [0.717, 1.165) is 18.6 Å². The Hall–Kier alpha value is -0.120. The molecule has 0 radical (unpaired) electrons. The average Bonchev–Trinajstić information content (AvgIpc) is 2.66. The predicted octanol–water partition coefficient (Wildman–Crippen LogP) is 0.620. The number of nitrogens with zero attached hydrogens (tertiary/aromatic N) is 1. The maximum atomic E-state index is 9.80. The summed E-state index contributed by atoms with van der Waals surface area (Å²) in [5, 5.41) is 9.80. The Labute approximate surface area is 85.0 Å². The fourth-order valence-corrected chi connectivity index (χ4v) is 3.36. The van der Waals surface area contributed by atoms with Crippen molar-refractivity contribution < 1.29 is 9.84 Å². The van der Waals surface area contributed by atoms with E-state index in [4.69, 9.17) is 4.74 Å². The molecule has 0 aromatic heterocycles. The molecule has 3 heteroatoms. The van der Waals surface area contributed by atoms with Crippen molar-refractivity contribution in [2.24, 2.45) is 5.92 Å². The summed E-state index contributed by atoms with van der Waals surface area (Å²) in [7, 11) is 0. The van der Waals surface area contributed by atoms with Gasteiger partial charge in [-0.3, -0.25) is 4.90 Å². The summed E-state index contributed by atoms with van der Waals surface area (Å²) in [5.41, 5.74) is 0. The third-order valence-corrected chi connectivity index (χ3v) is 4.20. The van der Waals surface area contributed by atoms with Gasteiger partial charge in [0.25, 0.3) is 0 Å². The first-order valence-corrected chi connectivity index (χ1v) is 5.86. The Morgan fingerprint density at radius 1 is 1.07 bits per heavy atom. The van der Waals surface area contributed by atoms with E-state index in [1.54, 1.807) is 0 Å². The van der Waals surface area contributed by atoms with E-state index in [1.807, 2.05) is 0 Å². The van der Waals surface area contributed by atoms with Crippen molar-refractivity contribution in [1.29, 1.82) is 0 Å².